The van der Waals surface area contributed by atoms with Crippen LogP contribution < -0.4 is 5.56 Å². The first-order valence-corrected chi connectivity index (χ1v) is 7.42. The lowest BCUT2D eigenvalue weighted by Crippen LogP contribution is -2.19. The van der Waals surface area contributed by atoms with Gasteiger partial charge < -0.3 is 9.30 Å². The number of carbonyl (C=O) groups excluding carboxylic acids is 1. The molecule has 1 aromatic carbocycles. The number of aromatic nitrogens is 2. The smallest absolute Gasteiger partial charge is 0.357 e. The fourth-order valence-corrected chi connectivity index (χ4v) is 2.40. The summed E-state index contributed by atoms with van der Waals surface area (Å²) in [5.41, 5.74) is 0.259. The quantitative estimate of drug-likeness (QED) is 0.537. The Balaban J connectivity index is 1.61. The van der Waals surface area contributed by atoms with Crippen molar-refractivity contribution < 1.29 is 9.53 Å². The molecule has 0 bridgehead atoms. The number of pyridine rings is 2. The molecule has 5 nitrogen and oxygen atoms in total. The van der Waals surface area contributed by atoms with Crippen LogP contribution in [0.1, 0.15) is 16.9 Å². The maximum Gasteiger partial charge on any atom is 0.357 e. The summed E-state index contributed by atoms with van der Waals surface area (Å²) in [5, 5.41) is 1.73. The number of ether oxygens (including phenoxy) is 1. The Morgan fingerprint density at radius 3 is 2.78 bits per heavy atom. The molecule has 2 aromatic heterocycles. The Hall–Kier alpha value is -2.95. The molecule has 0 atom stereocenters. The molecule has 0 aliphatic rings. The molecule has 0 amide bonds. The molecule has 3 rings (SSSR count). The summed E-state index contributed by atoms with van der Waals surface area (Å²) in [6, 6.07) is 14.4. The van der Waals surface area contributed by atoms with Crippen molar-refractivity contribution in [1.29, 1.82) is 0 Å². The predicted octanol–water partition coefficient (Wildman–Crippen LogP) is 2.64. The van der Waals surface area contributed by atoms with Crippen LogP contribution in [-0.2, 0) is 11.3 Å². The molecule has 0 fully saturated rings. The van der Waals surface area contributed by atoms with Crippen LogP contribution >= 0.6 is 0 Å². The number of hydrogen-bond donors (Lipinski definition) is 0. The van der Waals surface area contributed by atoms with Gasteiger partial charge in [-0.15, -0.1) is 0 Å². The number of aryl methyl sites for hydroxylation is 1. The number of benzene rings is 1. The van der Waals surface area contributed by atoms with E-state index in [0.717, 1.165) is 10.8 Å². The molecule has 0 spiro atoms. The van der Waals surface area contributed by atoms with Crippen molar-refractivity contribution in [2.75, 3.05) is 6.61 Å². The minimum atomic E-state index is -0.442. The lowest BCUT2D eigenvalue weighted by Gasteiger charge is -2.07. The van der Waals surface area contributed by atoms with Gasteiger partial charge >= 0.3 is 5.97 Å². The monoisotopic (exact) mass is 308 g/mol. The van der Waals surface area contributed by atoms with E-state index in [0.29, 0.717) is 18.7 Å². The SMILES string of the molecule is O=C(OCCCn1ccccc1=O)c1nccc2ccccc12. The molecule has 0 N–H and O–H groups in total. The largest absolute Gasteiger partial charge is 0.461 e. The second-order valence-corrected chi connectivity index (χ2v) is 5.10. The first-order chi connectivity index (χ1) is 11.3. The van der Waals surface area contributed by atoms with Gasteiger partial charge in [-0.1, -0.05) is 30.3 Å². The zero-order valence-electron chi connectivity index (χ0n) is 12.5. The van der Waals surface area contributed by atoms with Crippen molar-refractivity contribution >= 4 is 16.7 Å². The number of carbonyl (C=O) groups is 1. The van der Waals surface area contributed by atoms with Gasteiger partial charge in [0.15, 0.2) is 5.69 Å². The van der Waals surface area contributed by atoms with E-state index in [1.165, 1.54) is 6.07 Å². The van der Waals surface area contributed by atoms with E-state index in [2.05, 4.69) is 4.98 Å². The minimum absolute atomic E-state index is 0.0606. The van der Waals surface area contributed by atoms with E-state index >= 15 is 0 Å². The zero-order valence-corrected chi connectivity index (χ0v) is 12.5. The van der Waals surface area contributed by atoms with Gasteiger partial charge in [0.25, 0.3) is 0 Å². The van der Waals surface area contributed by atoms with Gasteiger partial charge in [-0.3, -0.25) is 4.79 Å². The molecule has 0 aliphatic heterocycles. The summed E-state index contributed by atoms with van der Waals surface area (Å²) in [6.45, 7) is 0.751. The van der Waals surface area contributed by atoms with Crippen molar-refractivity contribution in [2.24, 2.45) is 0 Å². The summed E-state index contributed by atoms with van der Waals surface area (Å²) in [4.78, 5) is 27.9. The van der Waals surface area contributed by atoms with Crippen LogP contribution in [-0.4, -0.2) is 22.1 Å². The highest BCUT2D eigenvalue weighted by Crippen LogP contribution is 2.17. The second kappa shape index (κ2) is 6.87. The number of rotatable bonds is 5. The summed E-state index contributed by atoms with van der Waals surface area (Å²) in [5.74, 6) is -0.442. The third-order valence-electron chi connectivity index (χ3n) is 3.54. The van der Waals surface area contributed by atoms with Crippen molar-refractivity contribution in [2.45, 2.75) is 13.0 Å². The summed E-state index contributed by atoms with van der Waals surface area (Å²) >= 11 is 0. The van der Waals surface area contributed by atoms with Crippen LogP contribution in [0.4, 0.5) is 0 Å². The van der Waals surface area contributed by atoms with E-state index in [-0.39, 0.29) is 12.2 Å². The van der Waals surface area contributed by atoms with Crippen LogP contribution in [0.2, 0.25) is 0 Å². The molecule has 0 unspecified atom stereocenters. The molecule has 0 saturated heterocycles. The standard InChI is InChI=1S/C18H16N2O3/c21-16-8-3-4-11-20(16)12-5-13-23-18(22)17-15-7-2-1-6-14(15)9-10-19-17/h1-4,6-11H,5,12-13H2. The highest BCUT2D eigenvalue weighted by atomic mass is 16.5. The molecular weight excluding hydrogens is 292 g/mol. The fraction of sp³-hybridized carbons (Fsp3) is 0.167. The molecule has 0 radical (unpaired) electrons. The van der Waals surface area contributed by atoms with Crippen LogP contribution in [0.25, 0.3) is 10.8 Å². The fourth-order valence-electron chi connectivity index (χ4n) is 2.40. The zero-order chi connectivity index (χ0) is 16.1. The second-order valence-electron chi connectivity index (χ2n) is 5.10. The van der Waals surface area contributed by atoms with E-state index in [9.17, 15) is 9.59 Å². The molecule has 23 heavy (non-hydrogen) atoms. The van der Waals surface area contributed by atoms with Crippen molar-refractivity contribution in [3.05, 3.63) is 77.0 Å². The Kier molecular flexibility index (Phi) is 4.47. The van der Waals surface area contributed by atoms with Gasteiger partial charge in [-0.05, 0) is 23.9 Å². The van der Waals surface area contributed by atoms with Crippen molar-refractivity contribution in [3.63, 3.8) is 0 Å². The van der Waals surface area contributed by atoms with Gasteiger partial charge in [0, 0.05) is 30.4 Å². The molecular formula is C18H16N2O3. The number of nitrogens with zero attached hydrogens (tertiary/aromatic N) is 2. The normalized spacial score (nSPS) is 10.6. The average molecular weight is 308 g/mol. The van der Waals surface area contributed by atoms with Crippen LogP contribution in [0.5, 0.6) is 0 Å². The maximum absolute atomic E-state index is 12.2. The van der Waals surface area contributed by atoms with Gasteiger partial charge in [0.2, 0.25) is 5.56 Å². The Labute approximate surface area is 133 Å². The van der Waals surface area contributed by atoms with E-state index < -0.39 is 5.97 Å². The van der Waals surface area contributed by atoms with E-state index in [4.69, 9.17) is 4.74 Å². The topological polar surface area (TPSA) is 61.2 Å². The highest BCUT2D eigenvalue weighted by molar-refractivity contribution is 6.02. The maximum atomic E-state index is 12.2. The van der Waals surface area contributed by atoms with Crippen molar-refractivity contribution in [1.82, 2.24) is 9.55 Å². The van der Waals surface area contributed by atoms with Crippen LogP contribution in [0, 0.1) is 0 Å². The molecule has 0 saturated carbocycles. The molecule has 3 aromatic rings. The summed E-state index contributed by atoms with van der Waals surface area (Å²) in [7, 11) is 0. The number of fused-ring (bicyclic) bond motifs is 1. The number of esters is 1. The number of hydrogen-bond acceptors (Lipinski definition) is 4. The summed E-state index contributed by atoms with van der Waals surface area (Å²) < 4.78 is 6.87. The third-order valence-corrected chi connectivity index (χ3v) is 3.54. The highest BCUT2D eigenvalue weighted by Gasteiger charge is 2.12. The van der Waals surface area contributed by atoms with Crippen LogP contribution in [0.15, 0.2) is 65.7 Å². The molecule has 0 aliphatic carbocycles. The van der Waals surface area contributed by atoms with E-state index in [1.807, 2.05) is 30.3 Å². The average Bonchev–Trinajstić information content (AvgIpc) is 2.59. The Bertz CT molecular complexity index is 881. The Morgan fingerprint density at radius 1 is 1.09 bits per heavy atom. The summed E-state index contributed by atoms with van der Waals surface area (Å²) in [6.07, 6.45) is 3.89. The molecule has 116 valence electrons. The predicted molar refractivity (Wildman–Crippen MR) is 87.3 cm³/mol. The lowest BCUT2D eigenvalue weighted by molar-refractivity contribution is 0.0491. The van der Waals surface area contributed by atoms with Crippen molar-refractivity contribution in [3.8, 4) is 0 Å². The van der Waals surface area contributed by atoms with Gasteiger partial charge in [0.05, 0.1) is 6.61 Å². The van der Waals surface area contributed by atoms with E-state index in [1.54, 1.807) is 29.1 Å². The first kappa shape index (κ1) is 15.0. The van der Waals surface area contributed by atoms with Gasteiger partial charge in [-0.25, -0.2) is 9.78 Å². The first-order valence-electron chi connectivity index (χ1n) is 7.42. The molecule has 5 heteroatoms. The minimum Gasteiger partial charge on any atom is -0.461 e. The lowest BCUT2D eigenvalue weighted by atomic mass is 10.1. The van der Waals surface area contributed by atoms with Gasteiger partial charge in [0.1, 0.15) is 0 Å². The third kappa shape index (κ3) is 3.45. The molecule has 2 heterocycles. The van der Waals surface area contributed by atoms with Gasteiger partial charge in [-0.2, -0.15) is 0 Å². The van der Waals surface area contributed by atoms with Crippen LogP contribution in [0.3, 0.4) is 0 Å². The Morgan fingerprint density at radius 2 is 1.91 bits per heavy atom.